The number of nitrogens with zero attached hydrogens (tertiary/aromatic N) is 2. The van der Waals surface area contributed by atoms with Crippen LogP contribution in [0.25, 0.3) is 0 Å². The minimum atomic E-state index is -0.481. The molecule has 3 aliphatic rings. The quantitative estimate of drug-likeness (QED) is 0.465. The van der Waals surface area contributed by atoms with Crippen molar-refractivity contribution in [2.24, 2.45) is 5.73 Å². The number of ether oxygens (including phenoxy) is 3. The third-order valence-electron chi connectivity index (χ3n) is 8.10. The lowest BCUT2D eigenvalue weighted by Gasteiger charge is -2.33. The molecule has 1 saturated carbocycles. The van der Waals surface area contributed by atoms with Gasteiger partial charge in [-0.15, -0.1) is 0 Å². The van der Waals surface area contributed by atoms with Gasteiger partial charge in [0.1, 0.15) is 11.5 Å². The first-order valence-electron chi connectivity index (χ1n) is 13.1. The van der Waals surface area contributed by atoms with Crippen molar-refractivity contribution in [1.29, 1.82) is 0 Å². The van der Waals surface area contributed by atoms with Crippen molar-refractivity contribution in [3.63, 3.8) is 0 Å². The summed E-state index contributed by atoms with van der Waals surface area (Å²) in [4.78, 5) is 32.6. The lowest BCUT2D eigenvalue weighted by Crippen LogP contribution is -2.42. The van der Waals surface area contributed by atoms with E-state index < -0.39 is 5.41 Å². The Bertz CT molecular complexity index is 1370. The molecule has 3 aromatic rings. The maximum Gasteiger partial charge on any atom is 0.234 e. The number of carbonyl (C=O) groups excluding carboxylic acids is 2. The number of hydrogen-bond donors (Lipinski definition) is 1. The highest BCUT2D eigenvalue weighted by atomic mass is 16.7. The number of amides is 1. The van der Waals surface area contributed by atoms with Crippen LogP contribution < -0.4 is 19.9 Å². The van der Waals surface area contributed by atoms with Crippen LogP contribution in [0, 0.1) is 0 Å². The molecule has 2 fully saturated rings. The SMILES string of the molecule is COc1ccccc1C(c1ccc(CC(=O)C2(c3ccc4c(c3)OCO4)CC2)nc1)N1CCCC1C(N)=O. The number of methoxy groups -OCH3 is 1. The number of Topliss-reactive ketones (excluding diaryl/α,β-unsaturated/α-hetero) is 1. The van der Waals surface area contributed by atoms with Crippen LogP contribution in [0.15, 0.2) is 60.8 Å². The Morgan fingerprint density at radius 1 is 1.13 bits per heavy atom. The van der Waals surface area contributed by atoms with E-state index in [0.717, 1.165) is 66.1 Å². The second kappa shape index (κ2) is 9.76. The van der Waals surface area contributed by atoms with Crippen molar-refractivity contribution >= 4 is 11.7 Å². The molecule has 2 aromatic carbocycles. The lowest BCUT2D eigenvalue weighted by atomic mass is 9.88. The summed E-state index contributed by atoms with van der Waals surface area (Å²) in [6, 6.07) is 16.9. The maximum absolute atomic E-state index is 13.5. The van der Waals surface area contributed by atoms with Gasteiger partial charge in [0, 0.05) is 23.9 Å². The van der Waals surface area contributed by atoms with E-state index in [1.54, 1.807) is 7.11 Å². The number of para-hydroxylation sites is 1. The van der Waals surface area contributed by atoms with Gasteiger partial charge in [0.25, 0.3) is 0 Å². The summed E-state index contributed by atoms with van der Waals surface area (Å²) < 4.78 is 16.6. The molecule has 2 atom stereocenters. The van der Waals surface area contributed by atoms with E-state index in [9.17, 15) is 9.59 Å². The minimum Gasteiger partial charge on any atom is -0.496 e. The van der Waals surface area contributed by atoms with Crippen LogP contribution in [0.2, 0.25) is 0 Å². The van der Waals surface area contributed by atoms with Crippen LogP contribution in [0.1, 0.15) is 54.1 Å². The number of hydrogen-bond acceptors (Lipinski definition) is 7. The number of ketones is 1. The highest BCUT2D eigenvalue weighted by Gasteiger charge is 2.51. The number of aromatic nitrogens is 1. The van der Waals surface area contributed by atoms with Crippen molar-refractivity contribution in [3.05, 3.63) is 83.2 Å². The van der Waals surface area contributed by atoms with Crippen molar-refractivity contribution < 1.29 is 23.8 Å². The van der Waals surface area contributed by atoms with E-state index in [0.29, 0.717) is 5.75 Å². The first-order chi connectivity index (χ1) is 18.5. The number of likely N-dealkylation sites (tertiary alicyclic amines) is 1. The molecule has 0 spiro atoms. The van der Waals surface area contributed by atoms with E-state index in [2.05, 4.69) is 4.90 Å². The molecule has 8 nitrogen and oxygen atoms in total. The topological polar surface area (TPSA) is 104 Å². The fourth-order valence-electron chi connectivity index (χ4n) is 5.93. The third kappa shape index (κ3) is 4.28. The molecule has 1 saturated heterocycles. The van der Waals surface area contributed by atoms with Gasteiger partial charge >= 0.3 is 0 Å². The first kappa shape index (κ1) is 24.4. The average Bonchev–Trinajstić information content (AvgIpc) is 3.37. The number of fused-ring (bicyclic) bond motifs is 1. The molecule has 38 heavy (non-hydrogen) atoms. The molecule has 1 amide bonds. The van der Waals surface area contributed by atoms with Crippen molar-refractivity contribution in [3.8, 4) is 17.2 Å². The fraction of sp³-hybridized carbons (Fsp3) is 0.367. The second-order valence-electron chi connectivity index (χ2n) is 10.3. The largest absolute Gasteiger partial charge is 0.496 e. The number of pyridine rings is 1. The molecular formula is C30H31N3O5. The van der Waals surface area contributed by atoms with Gasteiger partial charge in [0.15, 0.2) is 11.5 Å². The highest BCUT2D eigenvalue weighted by molar-refractivity contribution is 5.94. The highest BCUT2D eigenvalue weighted by Crippen LogP contribution is 2.51. The van der Waals surface area contributed by atoms with E-state index in [1.807, 2.05) is 60.8 Å². The first-order valence-corrected chi connectivity index (χ1v) is 13.1. The lowest BCUT2D eigenvalue weighted by molar-refractivity contribution is -0.123. The van der Waals surface area contributed by atoms with Gasteiger partial charge < -0.3 is 19.9 Å². The van der Waals surface area contributed by atoms with Crippen LogP contribution in [0.3, 0.4) is 0 Å². The van der Waals surface area contributed by atoms with Crippen LogP contribution in [0.5, 0.6) is 17.2 Å². The second-order valence-corrected chi connectivity index (χ2v) is 10.3. The van der Waals surface area contributed by atoms with Gasteiger partial charge in [-0.1, -0.05) is 30.3 Å². The molecule has 196 valence electrons. The summed E-state index contributed by atoms with van der Waals surface area (Å²) in [6.07, 6.45) is 5.33. The molecule has 0 radical (unpaired) electrons. The molecule has 3 heterocycles. The van der Waals surface area contributed by atoms with Gasteiger partial charge in [-0.2, -0.15) is 0 Å². The molecular weight excluding hydrogens is 482 g/mol. The molecule has 1 aromatic heterocycles. The number of carbonyl (C=O) groups is 2. The van der Waals surface area contributed by atoms with Gasteiger partial charge in [0.2, 0.25) is 12.7 Å². The summed E-state index contributed by atoms with van der Waals surface area (Å²) in [7, 11) is 1.65. The van der Waals surface area contributed by atoms with Crippen LogP contribution in [-0.2, 0) is 21.4 Å². The Morgan fingerprint density at radius 3 is 2.68 bits per heavy atom. The molecule has 1 aliphatic carbocycles. The van der Waals surface area contributed by atoms with Gasteiger partial charge in [-0.3, -0.25) is 19.5 Å². The Balaban J connectivity index is 1.26. The molecule has 2 aliphatic heterocycles. The Morgan fingerprint density at radius 2 is 1.95 bits per heavy atom. The number of rotatable bonds is 9. The monoisotopic (exact) mass is 513 g/mol. The van der Waals surface area contributed by atoms with Crippen molar-refractivity contribution in [1.82, 2.24) is 9.88 Å². The van der Waals surface area contributed by atoms with Gasteiger partial charge in [0.05, 0.1) is 24.6 Å². The summed E-state index contributed by atoms with van der Waals surface area (Å²) in [6.45, 7) is 0.956. The van der Waals surface area contributed by atoms with Crippen LogP contribution in [-0.4, -0.2) is 48.1 Å². The van der Waals surface area contributed by atoms with Crippen LogP contribution in [0.4, 0.5) is 0 Å². The van der Waals surface area contributed by atoms with E-state index >= 15 is 0 Å². The zero-order valence-corrected chi connectivity index (χ0v) is 21.4. The predicted octanol–water partition coefficient (Wildman–Crippen LogP) is 3.70. The molecule has 0 bridgehead atoms. The summed E-state index contributed by atoms with van der Waals surface area (Å²) >= 11 is 0. The van der Waals surface area contributed by atoms with Crippen molar-refractivity contribution in [2.75, 3.05) is 20.4 Å². The summed E-state index contributed by atoms with van der Waals surface area (Å²) in [5.41, 5.74) is 8.87. The number of nitrogens with two attached hydrogens (primary N) is 1. The Kier molecular flexibility index (Phi) is 6.27. The molecule has 2 unspecified atom stereocenters. The average molecular weight is 514 g/mol. The molecule has 6 rings (SSSR count). The molecule has 8 heteroatoms. The zero-order chi connectivity index (χ0) is 26.3. The minimum absolute atomic E-state index is 0.159. The number of primary amides is 1. The van der Waals surface area contributed by atoms with E-state index in [1.165, 1.54) is 0 Å². The standard InChI is InChI=1S/C30H31N3O5/c1-36-24-7-3-2-5-22(24)28(33-14-4-6-23(33)29(31)35)19-8-10-21(32-17-19)16-27(34)30(12-13-30)20-9-11-25-26(15-20)38-18-37-25/h2-3,5,7-11,15,17,23,28H,4,6,12-14,16,18H2,1H3,(H2,31,35). The zero-order valence-electron chi connectivity index (χ0n) is 21.4. The summed E-state index contributed by atoms with van der Waals surface area (Å²) in [5, 5.41) is 0. The third-order valence-corrected chi connectivity index (χ3v) is 8.10. The Hall–Kier alpha value is -3.91. The van der Waals surface area contributed by atoms with Crippen LogP contribution >= 0.6 is 0 Å². The smallest absolute Gasteiger partial charge is 0.234 e. The van der Waals surface area contributed by atoms with E-state index in [4.69, 9.17) is 24.9 Å². The number of benzene rings is 2. The normalized spacial score (nSPS) is 20.2. The predicted molar refractivity (Wildman–Crippen MR) is 140 cm³/mol. The van der Waals surface area contributed by atoms with E-state index in [-0.39, 0.29) is 37.0 Å². The summed E-state index contributed by atoms with van der Waals surface area (Å²) in [5.74, 6) is 1.99. The Labute approximate surface area is 221 Å². The van der Waals surface area contributed by atoms with Gasteiger partial charge in [-0.05, 0) is 67.6 Å². The van der Waals surface area contributed by atoms with Crippen molar-refractivity contribution in [2.45, 2.75) is 49.6 Å². The molecule has 2 N–H and O–H groups in total. The van der Waals surface area contributed by atoms with Gasteiger partial charge in [-0.25, -0.2) is 0 Å². The maximum atomic E-state index is 13.5. The fourth-order valence-corrected chi connectivity index (χ4v) is 5.93.